The maximum Gasteiger partial charge on any atom is 0.0753 e. The molecule has 0 amide bonds. The minimum atomic E-state index is 0.396. The molecule has 1 aromatic rings. The van der Waals surface area contributed by atoms with E-state index in [1.807, 2.05) is 25.0 Å². The molecule has 0 spiro atoms. The van der Waals surface area contributed by atoms with Crippen LogP contribution in [0.1, 0.15) is 31.0 Å². The van der Waals surface area contributed by atoms with E-state index in [0.29, 0.717) is 6.04 Å². The summed E-state index contributed by atoms with van der Waals surface area (Å²) in [6.07, 6.45) is 5.79. The summed E-state index contributed by atoms with van der Waals surface area (Å²) in [4.78, 5) is 0. The van der Waals surface area contributed by atoms with E-state index in [1.54, 1.807) is 0 Å². The zero-order chi connectivity index (χ0) is 11.4. The number of aromatic nitrogens is 3. The van der Waals surface area contributed by atoms with E-state index in [9.17, 15) is 0 Å². The first kappa shape index (κ1) is 11.9. The van der Waals surface area contributed by atoms with E-state index >= 15 is 0 Å². The average Bonchev–Trinajstić information content (AvgIpc) is 2.74. The third kappa shape index (κ3) is 2.77. The van der Waals surface area contributed by atoms with Gasteiger partial charge in [-0.1, -0.05) is 5.21 Å². The minimum Gasteiger partial charge on any atom is -0.312 e. The van der Waals surface area contributed by atoms with Gasteiger partial charge in [0, 0.05) is 7.05 Å². The van der Waals surface area contributed by atoms with E-state index in [-0.39, 0.29) is 0 Å². The van der Waals surface area contributed by atoms with Crippen LogP contribution in [-0.4, -0.2) is 33.5 Å². The van der Waals surface area contributed by atoms with E-state index in [0.717, 1.165) is 5.92 Å². The number of hydrogen-bond donors (Lipinski definition) is 1. The van der Waals surface area contributed by atoms with Gasteiger partial charge in [-0.2, -0.15) is 11.8 Å². The minimum absolute atomic E-state index is 0.396. The van der Waals surface area contributed by atoms with Gasteiger partial charge in [0.25, 0.3) is 0 Å². The molecule has 1 aliphatic rings. The fraction of sp³-hybridized carbons (Fsp3) is 0.818. The van der Waals surface area contributed by atoms with Gasteiger partial charge in [0.15, 0.2) is 0 Å². The van der Waals surface area contributed by atoms with Crippen molar-refractivity contribution >= 4 is 11.8 Å². The van der Waals surface area contributed by atoms with Gasteiger partial charge < -0.3 is 5.32 Å². The molecule has 0 aliphatic carbocycles. The fourth-order valence-electron chi connectivity index (χ4n) is 2.32. The Labute approximate surface area is 101 Å². The van der Waals surface area contributed by atoms with E-state index < -0.39 is 0 Å². The summed E-state index contributed by atoms with van der Waals surface area (Å²) in [5, 5.41) is 11.3. The zero-order valence-electron chi connectivity index (χ0n) is 10.0. The quantitative estimate of drug-likeness (QED) is 0.868. The molecular formula is C11H20N4S. The highest BCUT2D eigenvalue weighted by Crippen LogP contribution is 2.30. The number of rotatable bonds is 4. The summed E-state index contributed by atoms with van der Waals surface area (Å²) in [6, 6.07) is 0.396. The predicted octanol–water partition coefficient (Wildman–Crippen LogP) is 1.61. The lowest BCUT2D eigenvalue weighted by molar-refractivity contribution is 0.372. The van der Waals surface area contributed by atoms with Crippen LogP contribution in [-0.2, 0) is 7.05 Å². The van der Waals surface area contributed by atoms with Gasteiger partial charge in [-0.3, -0.25) is 4.68 Å². The summed E-state index contributed by atoms with van der Waals surface area (Å²) in [6.45, 7) is 0. The molecule has 1 atom stereocenters. The molecule has 0 radical (unpaired) electrons. The van der Waals surface area contributed by atoms with Gasteiger partial charge in [-0.05, 0) is 43.7 Å². The van der Waals surface area contributed by atoms with Gasteiger partial charge >= 0.3 is 0 Å². The molecular weight excluding hydrogens is 220 g/mol. The lowest BCUT2D eigenvalue weighted by atomic mass is 9.93. The van der Waals surface area contributed by atoms with Gasteiger partial charge in [-0.25, -0.2) is 0 Å². The Morgan fingerprint density at radius 1 is 1.56 bits per heavy atom. The zero-order valence-corrected chi connectivity index (χ0v) is 10.8. The Hall–Kier alpha value is -0.550. The second kappa shape index (κ2) is 5.68. The van der Waals surface area contributed by atoms with Gasteiger partial charge in [-0.15, -0.1) is 5.10 Å². The molecule has 1 N–H and O–H groups in total. The van der Waals surface area contributed by atoms with E-state index in [2.05, 4.69) is 27.4 Å². The molecule has 1 saturated heterocycles. The standard InChI is InChI=1S/C11H20N4S/c1-12-10(11-8-13-14-15(11)2)7-9-3-5-16-6-4-9/h8-10,12H,3-7H2,1-2H3. The number of hydrogen-bond acceptors (Lipinski definition) is 4. The molecule has 1 aromatic heterocycles. The number of nitrogens with zero attached hydrogens (tertiary/aromatic N) is 3. The molecule has 0 saturated carbocycles. The molecule has 0 aromatic carbocycles. The van der Waals surface area contributed by atoms with E-state index in [4.69, 9.17) is 0 Å². The molecule has 1 aliphatic heterocycles. The second-order valence-corrected chi connectivity index (χ2v) is 5.64. The van der Waals surface area contributed by atoms with Crippen LogP contribution in [0.25, 0.3) is 0 Å². The summed E-state index contributed by atoms with van der Waals surface area (Å²) < 4.78 is 1.87. The Morgan fingerprint density at radius 2 is 2.31 bits per heavy atom. The summed E-state index contributed by atoms with van der Waals surface area (Å²) in [5.74, 6) is 3.50. The number of nitrogens with one attached hydrogen (secondary N) is 1. The van der Waals surface area contributed by atoms with Crippen molar-refractivity contribution in [1.29, 1.82) is 0 Å². The first-order valence-electron chi connectivity index (χ1n) is 5.91. The monoisotopic (exact) mass is 240 g/mol. The summed E-state index contributed by atoms with van der Waals surface area (Å²) >= 11 is 2.08. The predicted molar refractivity (Wildman–Crippen MR) is 67.5 cm³/mol. The summed E-state index contributed by atoms with van der Waals surface area (Å²) in [7, 11) is 3.98. The third-order valence-corrected chi connectivity index (χ3v) is 4.41. The molecule has 2 rings (SSSR count). The highest BCUT2D eigenvalue weighted by atomic mass is 32.2. The molecule has 1 fully saturated rings. The molecule has 0 bridgehead atoms. The highest BCUT2D eigenvalue weighted by Gasteiger charge is 2.21. The van der Waals surface area contributed by atoms with Crippen LogP contribution < -0.4 is 5.32 Å². The van der Waals surface area contributed by atoms with Crippen molar-refractivity contribution in [1.82, 2.24) is 20.3 Å². The highest BCUT2D eigenvalue weighted by molar-refractivity contribution is 7.99. The Morgan fingerprint density at radius 3 is 2.88 bits per heavy atom. The Kier molecular flexibility index (Phi) is 4.23. The first-order chi connectivity index (χ1) is 7.81. The largest absolute Gasteiger partial charge is 0.312 e. The van der Waals surface area contributed by atoms with Gasteiger partial charge in [0.2, 0.25) is 0 Å². The molecule has 4 nitrogen and oxygen atoms in total. The van der Waals surface area contributed by atoms with Crippen molar-refractivity contribution in [3.63, 3.8) is 0 Å². The number of thioether (sulfide) groups is 1. The van der Waals surface area contributed by atoms with Crippen LogP contribution in [0.4, 0.5) is 0 Å². The maximum absolute atomic E-state index is 4.00. The van der Waals surface area contributed by atoms with Crippen molar-refractivity contribution in [3.05, 3.63) is 11.9 Å². The number of aryl methyl sites for hydroxylation is 1. The molecule has 2 heterocycles. The van der Waals surface area contributed by atoms with Crippen LogP contribution in [0.2, 0.25) is 0 Å². The van der Waals surface area contributed by atoms with Crippen molar-refractivity contribution in [2.24, 2.45) is 13.0 Å². The van der Waals surface area contributed by atoms with Crippen LogP contribution in [0.3, 0.4) is 0 Å². The lowest BCUT2D eigenvalue weighted by Gasteiger charge is -2.25. The van der Waals surface area contributed by atoms with E-state index in [1.165, 1.54) is 36.5 Å². The lowest BCUT2D eigenvalue weighted by Crippen LogP contribution is -2.24. The van der Waals surface area contributed by atoms with Crippen LogP contribution in [0.15, 0.2) is 6.20 Å². The molecule has 16 heavy (non-hydrogen) atoms. The average molecular weight is 240 g/mol. The normalized spacial score (nSPS) is 19.9. The maximum atomic E-state index is 4.00. The second-order valence-electron chi connectivity index (χ2n) is 4.42. The summed E-state index contributed by atoms with van der Waals surface area (Å²) in [5.41, 5.74) is 1.20. The molecule has 5 heteroatoms. The molecule has 1 unspecified atom stereocenters. The van der Waals surface area contributed by atoms with Gasteiger partial charge in [0.1, 0.15) is 0 Å². The first-order valence-corrected chi connectivity index (χ1v) is 7.06. The Bertz CT molecular complexity index is 320. The van der Waals surface area contributed by atoms with Gasteiger partial charge in [0.05, 0.1) is 17.9 Å². The third-order valence-electron chi connectivity index (χ3n) is 3.36. The topological polar surface area (TPSA) is 42.7 Å². The smallest absolute Gasteiger partial charge is 0.0753 e. The van der Waals surface area contributed by atoms with Crippen LogP contribution >= 0.6 is 11.8 Å². The van der Waals surface area contributed by atoms with Crippen molar-refractivity contribution in [2.75, 3.05) is 18.6 Å². The van der Waals surface area contributed by atoms with Crippen LogP contribution in [0.5, 0.6) is 0 Å². The van der Waals surface area contributed by atoms with Crippen molar-refractivity contribution in [3.8, 4) is 0 Å². The Balaban J connectivity index is 1.97. The SMILES string of the molecule is CNC(CC1CCSCC1)c1cnnn1C. The van der Waals surface area contributed by atoms with Crippen molar-refractivity contribution < 1.29 is 0 Å². The van der Waals surface area contributed by atoms with Crippen LogP contribution in [0, 0.1) is 5.92 Å². The molecule has 90 valence electrons. The van der Waals surface area contributed by atoms with Crippen molar-refractivity contribution in [2.45, 2.75) is 25.3 Å². The fourth-order valence-corrected chi connectivity index (χ4v) is 3.52.